The van der Waals surface area contributed by atoms with Crippen LogP contribution in [0.4, 0.5) is 0 Å². The molecule has 0 aliphatic heterocycles. The molecule has 0 spiro atoms. The summed E-state index contributed by atoms with van der Waals surface area (Å²) in [5.41, 5.74) is 2.26. The van der Waals surface area contributed by atoms with Crippen molar-refractivity contribution in [1.82, 2.24) is 9.97 Å². The van der Waals surface area contributed by atoms with Crippen molar-refractivity contribution >= 4 is 0 Å². The van der Waals surface area contributed by atoms with E-state index in [0.29, 0.717) is 5.92 Å². The second-order valence-corrected chi connectivity index (χ2v) is 4.18. The summed E-state index contributed by atoms with van der Waals surface area (Å²) in [7, 11) is 1.72. The SMILES string of the molecule is CCC(C)c1cccc(-c2ncc[nH]2)c1OC. The first-order chi connectivity index (χ1) is 8.27. The maximum Gasteiger partial charge on any atom is 0.141 e. The van der Waals surface area contributed by atoms with Crippen LogP contribution in [0.2, 0.25) is 0 Å². The highest BCUT2D eigenvalue weighted by atomic mass is 16.5. The highest BCUT2D eigenvalue weighted by Gasteiger charge is 2.15. The largest absolute Gasteiger partial charge is 0.496 e. The second kappa shape index (κ2) is 5.04. The number of nitrogens with one attached hydrogen (secondary N) is 1. The van der Waals surface area contributed by atoms with Crippen molar-refractivity contribution in [1.29, 1.82) is 0 Å². The standard InChI is InChI=1S/C14H18N2O/c1-4-10(2)11-6-5-7-12(13(11)17-3)14-15-8-9-16-14/h5-10H,4H2,1-3H3,(H,15,16). The summed E-state index contributed by atoms with van der Waals surface area (Å²) >= 11 is 0. The topological polar surface area (TPSA) is 37.9 Å². The van der Waals surface area contributed by atoms with E-state index in [4.69, 9.17) is 4.74 Å². The number of benzene rings is 1. The van der Waals surface area contributed by atoms with Gasteiger partial charge in [-0.3, -0.25) is 0 Å². The van der Waals surface area contributed by atoms with Crippen LogP contribution in [0.5, 0.6) is 5.75 Å². The highest BCUT2D eigenvalue weighted by Crippen LogP contribution is 2.36. The average Bonchev–Trinajstić information content (AvgIpc) is 2.90. The number of H-pyrrole nitrogens is 1. The van der Waals surface area contributed by atoms with Crippen LogP contribution in [0.25, 0.3) is 11.4 Å². The number of ether oxygens (including phenoxy) is 1. The number of rotatable bonds is 4. The first-order valence-electron chi connectivity index (χ1n) is 5.94. The molecule has 1 aromatic carbocycles. The zero-order valence-electron chi connectivity index (χ0n) is 10.5. The van der Waals surface area contributed by atoms with Gasteiger partial charge in [0.05, 0.1) is 12.7 Å². The molecule has 0 amide bonds. The van der Waals surface area contributed by atoms with Gasteiger partial charge < -0.3 is 9.72 Å². The van der Waals surface area contributed by atoms with Crippen LogP contribution < -0.4 is 4.74 Å². The van der Waals surface area contributed by atoms with Gasteiger partial charge in [0.1, 0.15) is 11.6 Å². The molecule has 90 valence electrons. The van der Waals surface area contributed by atoms with Crippen LogP contribution in [0.15, 0.2) is 30.6 Å². The van der Waals surface area contributed by atoms with E-state index in [2.05, 4.69) is 35.9 Å². The normalized spacial score (nSPS) is 12.4. The van der Waals surface area contributed by atoms with Crippen molar-refractivity contribution in [3.05, 3.63) is 36.2 Å². The van der Waals surface area contributed by atoms with Gasteiger partial charge >= 0.3 is 0 Å². The number of hydrogen-bond donors (Lipinski definition) is 1. The van der Waals surface area contributed by atoms with Crippen molar-refractivity contribution in [2.24, 2.45) is 0 Å². The molecule has 3 nitrogen and oxygen atoms in total. The molecule has 0 saturated heterocycles. The number of imidazole rings is 1. The van der Waals surface area contributed by atoms with Gasteiger partial charge in [-0.2, -0.15) is 0 Å². The minimum atomic E-state index is 0.486. The lowest BCUT2D eigenvalue weighted by Gasteiger charge is -2.16. The van der Waals surface area contributed by atoms with Gasteiger partial charge in [0.25, 0.3) is 0 Å². The number of aromatic amines is 1. The molecule has 0 aliphatic rings. The van der Waals surface area contributed by atoms with Gasteiger partial charge in [-0.25, -0.2) is 4.98 Å². The first kappa shape index (κ1) is 11.7. The van der Waals surface area contributed by atoms with Gasteiger partial charge in [-0.15, -0.1) is 0 Å². The van der Waals surface area contributed by atoms with Crippen LogP contribution >= 0.6 is 0 Å². The molecule has 17 heavy (non-hydrogen) atoms. The molecular formula is C14H18N2O. The van der Waals surface area contributed by atoms with Crippen LogP contribution in [-0.2, 0) is 0 Å². The minimum Gasteiger partial charge on any atom is -0.496 e. The monoisotopic (exact) mass is 230 g/mol. The van der Waals surface area contributed by atoms with Gasteiger partial charge in [-0.05, 0) is 24.0 Å². The first-order valence-corrected chi connectivity index (χ1v) is 5.94. The zero-order chi connectivity index (χ0) is 12.3. The molecule has 0 aliphatic carbocycles. The van der Waals surface area contributed by atoms with E-state index in [1.54, 1.807) is 13.3 Å². The van der Waals surface area contributed by atoms with Crippen LogP contribution in [-0.4, -0.2) is 17.1 Å². The Morgan fingerprint density at radius 3 is 2.82 bits per heavy atom. The van der Waals surface area contributed by atoms with E-state index >= 15 is 0 Å². The van der Waals surface area contributed by atoms with Crippen molar-refractivity contribution < 1.29 is 4.74 Å². The lowest BCUT2D eigenvalue weighted by atomic mass is 9.95. The predicted molar refractivity (Wildman–Crippen MR) is 69.3 cm³/mol. The fraction of sp³-hybridized carbons (Fsp3) is 0.357. The Bertz CT molecular complexity index is 477. The average molecular weight is 230 g/mol. The zero-order valence-corrected chi connectivity index (χ0v) is 10.5. The Labute approximate surface area is 102 Å². The Morgan fingerprint density at radius 1 is 1.41 bits per heavy atom. The Hall–Kier alpha value is -1.77. The third-order valence-corrected chi connectivity index (χ3v) is 3.15. The van der Waals surface area contributed by atoms with Crippen molar-refractivity contribution in [2.75, 3.05) is 7.11 Å². The van der Waals surface area contributed by atoms with Crippen LogP contribution in [0.3, 0.4) is 0 Å². The predicted octanol–water partition coefficient (Wildman–Crippen LogP) is 3.60. The number of para-hydroxylation sites is 1. The molecule has 1 N–H and O–H groups in total. The summed E-state index contributed by atoms with van der Waals surface area (Å²) < 4.78 is 5.56. The van der Waals surface area contributed by atoms with Crippen LogP contribution in [0, 0.1) is 0 Å². The summed E-state index contributed by atoms with van der Waals surface area (Å²) in [5.74, 6) is 2.27. The van der Waals surface area contributed by atoms with Crippen molar-refractivity contribution in [3.63, 3.8) is 0 Å². The maximum atomic E-state index is 5.56. The Kier molecular flexibility index (Phi) is 3.47. The molecule has 1 aromatic heterocycles. The molecule has 2 rings (SSSR count). The number of aromatic nitrogens is 2. The molecule has 0 bridgehead atoms. The molecule has 0 fully saturated rings. The van der Waals surface area contributed by atoms with Crippen LogP contribution in [0.1, 0.15) is 31.7 Å². The quantitative estimate of drug-likeness (QED) is 0.871. The second-order valence-electron chi connectivity index (χ2n) is 4.18. The van der Waals surface area contributed by atoms with E-state index < -0.39 is 0 Å². The Balaban J connectivity index is 2.54. The molecule has 3 heteroatoms. The fourth-order valence-corrected chi connectivity index (χ4v) is 1.99. The number of hydrogen-bond acceptors (Lipinski definition) is 2. The van der Waals surface area contributed by atoms with Gasteiger partial charge in [0.2, 0.25) is 0 Å². The summed E-state index contributed by atoms with van der Waals surface area (Å²) in [6.07, 6.45) is 4.67. The lowest BCUT2D eigenvalue weighted by Crippen LogP contribution is -1.99. The molecular weight excluding hydrogens is 212 g/mol. The van der Waals surface area contributed by atoms with Gasteiger partial charge in [0, 0.05) is 12.4 Å². The molecule has 1 atom stereocenters. The third kappa shape index (κ3) is 2.18. The highest BCUT2D eigenvalue weighted by molar-refractivity contribution is 5.67. The third-order valence-electron chi connectivity index (χ3n) is 3.15. The van der Waals surface area contributed by atoms with E-state index in [-0.39, 0.29) is 0 Å². The van der Waals surface area contributed by atoms with E-state index in [1.165, 1.54) is 5.56 Å². The minimum absolute atomic E-state index is 0.486. The maximum absolute atomic E-state index is 5.56. The lowest BCUT2D eigenvalue weighted by molar-refractivity contribution is 0.407. The summed E-state index contributed by atoms with van der Waals surface area (Å²) in [6, 6.07) is 6.21. The smallest absolute Gasteiger partial charge is 0.141 e. The number of nitrogens with zero attached hydrogens (tertiary/aromatic N) is 1. The van der Waals surface area contributed by atoms with Crippen molar-refractivity contribution in [2.45, 2.75) is 26.2 Å². The van der Waals surface area contributed by atoms with E-state index in [0.717, 1.165) is 23.6 Å². The van der Waals surface area contributed by atoms with E-state index in [9.17, 15) is 0 Å². The van der Waals surface area contributed by atoms with E-state index in [1.807, 2.05) is 12.3 Å². The molecule has 1 heterocycles. The summed E-state index contributed by atoms with van der Waals surface area (Å²) in [6.45, 7) is 4.40. The fourth-order valence-electron chi connectivity index (χ4n) is 1.99. The summed E-state index contributed by atoms with van der Waals surface area (Å²) in [5, 5.41) is 0. The molecule has 0 saturated carbocycles. The molecule has 2 aromatic rings. The van der Waals surface area contributed by atoms with Gasteiger partial charge in [0.15, 0.2) is 0 Å². The van der Waals surface area contributed by atoms with Crippen molar-refractivity contribution in [3.8, 4) is 17.1 Å². The Morgan fingerprint density at radius 2 is 2.24 bits per heavy atom. The molecule has 0 radical (unpaired) electrons. The number of methoxy groups -OCH3 is 1. The van der Waals surface area contributed by atoms with Gasteiger partial charge in [-0.1, -0.05) is 26.0 Å². The summed E-state index contributed by atoms with van der Waals surface area (Å²) in [4.78, 5) is 7.41. The molecule has 1 unspecified atom stereocenters.